The molecule has 1 atom stereocenters. The average Bonchev–Trinajstić information content (AvgIpc) is 3.37. The second kappa shape index (κ2) is 8.86. The van der Waals surface area contributed by atoms with Crippen LogP contribution < -0.4 is 0 Å². The molecule has 0 bridgehead atoms. The molecule has 1 amide bonds. The number of amides is 1. The molecular weight excluding hydrogens is 390 g/mol. The second-order valence-electron chi connectivity index (χ2n) is 7.05. The number of pyridine rings is 1. The summed E-state index contributed by atoms with van der Waals surface area (Å²) in [5, 5.41) is 12.8. The summed E-state index contributed by atoms with van der Waals surface area (Å²) in [6.45, 7) is 4.52. The van der Waals surface area contributed by atoms with E-state index < -0.39 is 17.7 Å². The molecule has 2 fully saturated rings. The monoisotopic (exact) mass is 413 g/mol. The number of nitrogens with zero attached hydrogens (tertiary/aromatic N) is 3. The van der Waals surface area contributed by atoms with Crippen LogP contribution in [0, 0.1) is 0 Å². The number of hydrogen-bond acceptors (Lipinski definition) is 7. The fourth-order valence-corrected chi connectivity index (χ4v) is 4.65. The van der Waals surface area contributed by atoms with Gasteiger partial charge in [-0.15, -0.1) is 11.3 Å². The van der Waals surface area contributed by atoms with Gasteiger partial charge in [0.25, 0.3) is 11.7 Å². The second-order valence-corrected chi connectivity index (χ2v) is 8.03. The predicted octanol–water partition coefficient (Wildman–Crippen LogP) is 2.29. The molecular formula is C21H23N3O4S. The lowest BCUT2D eigenvalue weighted by Gasteiger charge is -2.28. The number of likely N-dealkylation sites (tertiary alicyclic amines) is 1. The third kappa shape index (κ3) is 4.10. The minimum absolute atomic E-state index is 0.148. The van der Waals surface area contributed by atoms with E-state index in [0.29, 0.717) is 12.1 Å². The predicted molar refractivity (Wildman–Crippen MR) is 109 cm³/mol. The zero-order chi connectivity index (χ0) is 20.2. The first-order valence-electron chi connectivity index (χ1n) is 9.69. The van der Waals surface area contributed by atoms with Crippen molar-refractivity contribution in [1.29, 1.82) is 0 Å². The molecule has 8 heteroatoms. The smallest absolute Gasteiger partial charge is 0.295 e. The highest BCUT2D eigenvalue weighted by Gasteiger charge is 2.46. The van der Waals surface area contributed by atoms with Crippen molar-refractivity contribution in [3.05, 3.63) is 58.1 Å². The van der Waals surface area contributed by atoms with Crippen LogP contribution in [0.5, 0.6) is 0 Å². The lowest BCUT2D eigenvalue weighted by Crippen LogP contribution is -2.38. The van der Waals surface area contributed by atoms with Gasteiger partial charge in [0, 0.05) is 49.0 Å². The summed E-state index contributed by atoms with van der Waals surface area (Å²) in [5.41, 5.74) is 0.628. The zero-order valence-electron chi connectivity index (χ0n) is 16.0. The summed E-state index contributed by atoms with van der Waals surface area (Å²) in [6, 6.07) is 6.49. The van der Waals surface area contributed by atoms with Gasteiger partial charge in [-0.3, -0.25) is 19.5 Å². The number of thiophene rings is 1. The van der Waals surface area contributed by atoms with Crippen molar-refractivity contribution in [2.24, 2.45) is 0 Å². The lowest BCUT2D eigenvalue weighted by molar-refractivity contribution is -0.140. The van der Waals surface area contributed by atoms with Gasteiger partial charge in [0.2, 0.25) is 0 Å². The number of ether oxygens (including phenoxy) is 1. The molecule has 2 saturated heterocycles. The molecule has 2 aromatic rings. The van der Waals surface area contributed by atoms with Gasteiger partial charge in [-0.1, -0.05) is 6.07 Å². The zero-order valence-corrected chi connectivity index (χ0v) is 16.8. The van der Waals surface area contributed by atoms with E-state index in [1.165, 1.54) is 11.3 Å². The van der Waals surface area contributed by atoms with Crippen LogP contribution in [-0.2, 0) is 14.3 Å². The Bertz CT molecular complexity index is 892. The van der Waals surface area contributed by atoms with Gasteiger partial charge in [0.15, 0.2) is 0 Å². The third-order valence-corrected chi connectivity index (χ3v) is 6.21. The SMILES string of the molecule is O=C1C(=O)N(CCCN2CCOCC2)[C@@H](c2cccs2)/C1=C(\O)c1ccncc1. The van der Waals surface area contributed by atoms with Crippen molar-refractivity contribution >= 4 is 28.8 Å². The minimum atomic E-state index is -0.635. The molecule has 0 aliphatic carbocycles. The molecule has 29 heavy (non-hydrogen) atoms. The Labute approximate surface area is 173 Å². The van der Waals surface area contributed by atoms with Crippen molar-refractivity contribution in [3.8, 4) is 0 Å². The van der Waals surface area contributed by atoms with E-state index >= 15 is 0 Å². The summed E-state index contributed by atoms with van der Waals surface area (Å²) in [4.78, 5) is 34.4. The maximum Gasteiger partial charge on any atom is 0.295 e. The molecule has 2 aromatic heterocycles. The maximum absolute atomic E-state index is 12.9. The standard InChI is InChI=1S/C21H23N3O4S/c25-19(15-4-6-22-7-5-15)17-18(16-3-1-14-29-16)24(21(27)20(17)26)9-2-8-23-10-12-28-13-11-23/h1,3-7,14,18,25H,2,8-13H2/b19-17+/t18-/m0/s1. The topological polar surface area (TPSA) is 83.0 Å². The number of hydrogen-bond donors (Lipinski definition) is 1. The minimum Gasteiger partial charge on any atom is -0.507 e. The molecule has 2 aliphatic heterocycles. The van der Waals surface area contributed by atoms with Gasteiger partial charge in [-0.25, -0.2) is 0 Å². The fourth-order valence-electron chi connectivity index (χ4n) is 3.81. The van der Waals surface area contributed by atoms with Gasteiger partial charge >= 0.3 is 0 Å². The van der Waals surface area contributed by atoms with E-state index in [2.05, 4.69) is 9.88 Å². The Morgan fingerprint density at radius 2 is 1.93 bits per heavy atom. The first kappa shape index (κ1) is 19.8. The molecule has 1 N–H and O–H groups in total. The normalized spacial score (nSPS) is 22.3. The van der Waals surface area contributed by atoms with Crippen molar-refractivity contribution < 1.29 is 19.4 Å². The van der Waals surface area contributed by atoms with Crippen LogP contribution in [0.4, 0.5) is 0 Å². The van der Waals surface area contributed by atoms with Crippen LogP contribution in [0.25, 0.3) is 5.76 Å². The quantitative estimate of drug-likeness (QED) is 0.445. The maximum atomic E-state index is 12.9. The molecule has 0 unspecified atom stereocenters. The number of aliphatic hydroxyl groups excluding tert-OH is 1. The molecule has 0 radical (unpaired) electrons. The van der Waals surface area contributed by atoms with Crippen LogP contribution in [0.15, 0.2) is 47.6 Å². The number of carbonyl (C=O) groups is 2. The Morgan fingerprint density at radius 3 is 2.62 bits per heavy atom. The average molecular weight is 413 g/mol. The van der Waals surface area contributed by atoms with Crippen LogP contribution in [0.3, 0.4) is 0 Å². The molecule has 0 saturated carbocycles. The lowest BCUT2D eigenvalue weighted by atomic mass is 10.0. The van der Waals surface area contributed by atoms with Crippen LogP contribution in [0.1, 0.15) is 22.9 Å². The van der Waals surface area contributed by atoms with E-state index in [-0.39, 0.29) is 11.3 Å². The molecule has 7 nitrogen and oxygen atoms in total. The van der Waals surface area contributed by atoms with Crippen molar-refractivity contribution in [2.75, 3.05) is 39.4 Å². The van der Waals surface area contributed by atoms with Gasteiger partial charge in [-0.2, -0.15) is 0 Å². The van der Waals surface area contributed by atoms with Crippen molar-refractivity contribution in [1.82, 2.24) is 14.8 Å². The third-order valence-electron chi connectivity index (χ3n) is 5.28. The largest absolute Gasteiger partial charge is 0.507 e. The van der Waals surface area contributed by atoms with Gasteiger partial charge in [0.05, 0.1) is 24.8 Å². The number of rotatable bonds is 6. The Hall–Kier alpha value is -2.55. The van der Waals surface area contributed by atoms with Crippen LogP contribution in [0.2, 0.25) is 0 Å². The molecule has 4 rings (SSSR count). The highest BCUT2D eigenvalue weighted by molar-refractivity contribution is 7.10. The first-order chi connectivity index (χ1) is 14.2. The van der Waals surface area contributed by atoms with E-state index in [1.54, 1.807) is 29.4 Å². The number of Topliss-reactive ketones (excluding diaryl/α,β-unsaturated/α-hetero) is 1. The molecule has 152 valence electrons. The Kier molecular flexibility index (Phi) is 6.03. The van der Waals surface area contributed by atoms with Crippen LogP contribution in [-0.4, -0.2) is 71.0 Å². The molecule has 0 spiro atoms. The summed E-state index contributed by atoms with van der Waals surface area (Å²) in [5.74, 6) is -1.34. The highest BCUT2D eigenvalue weighted by Crippen LogP contribution is 2.40. The van der Waals surface area contributed by atoms with Gasteiger partial charge < -0.3 is 14.7 Å². The summed E-state index contributed by atoms with van der Waals surface area (Å²) < 4.78 is 5.37. The van der Waals surface area contributed by atoms with Crippen molar-refractivity contribution in [3.63, 3.8) is 0 Å². The number of aliphatic hydroxyl groups is 1. The van der Waals surface area contributed by atoms with Gasteiger partial charge in [0.1, 0.15) is 5.76 Å². The Balaban J connectivity index is 1.60. The number of carbonyl (C=O) groups excluding carboxylic acids is 2. The Morgan fingerprint density at radius 1 is 1.17 bits per heavy atom. The summed E-state index contributed by atoms with van der Waals surface area (Å²) in [7, 11) is 0. The molecule has 0 aromatic carbocycles. The summed E-state index contributed by atoms with van der Waals surface area (Å²) in [6.07, 6.45) is 3.85. The highest BCUT2D eigenvalue weighted by atomic mass is 32.1. The number of morpholine rings is 1. The fraction of sp³-hybridized carbons (Fsp3) is 0.381. The molecule has 2 aliphatic rings. The number of ketones is 1. The van der Waals surface area contributed by atoms with Crippen LogP contribution >= 0.6 is 11.3 Å². The first-order valence-corrected chi connectivity index (χ1v) is 10.6. The van der Waals surface area contributed by atoms with E-state index in [0.717, 1.165) is 44.1 Å². The van der Waals surface area contributed by atoms with E-state index in [9.17, 15) is 14.7 Å². The molecule has 4 heterocycles. The van der Waals surface area contributed by atoms with Crippen molar-refractivity contribution in [2.45, 2.75) is 12.5 Å². The van der Waals surface area contributed by atoms with E-state index in [1.807, 2.05) is 17.5 Å². The summed E-state index contributed by atoms with van der Waals surface area (Å²) >= 11 is 1.48. The number of aromatic nitrogens is 1. The van der Waals surface area contributed by atoms with Gasteiger partial charge in [-0.05, 0) is 30.0 Å². The van der Waals surface area contributed by atoms with E-state index in [4.69, 9.17) is 4.74 Å².